The zero-order valence-electron chi connectivity index (χ0n) is 10.4. The van der Waals surface area contributed by atoms with Gasteiger partial charge in [-0.3, -0.25) is 4.79 Å². The Morgan fingerprint density at radius 1 is 1.26 bits per heavy atom. The molecule has 1 amide bonds. The van der Waals surface area contributed by atoms with Gasteiger partial charge in [0.05, 0.1) is 0 Å². The number of carbonyl (C=O) groups is 1. The highest BCUT2D eigenvalue weighted by molar-refractivity contribution is 5.94. The van der Waals surface area contributed by atoms with Crippen molar-refractivity contribution in [1.82, 2.24) is 20.8 Å². The summed E-state index contributed by atoms with van der Waals surface area (Å²) in [7, 11) is 1.84. The van der Waals surface area contributed by atoms with Crippen molar-refractivity contribution in [3.63, 3.8) is 0 Å². The van der Waals surface area contributed by atoms with E-state index in [2.05, 4.69) is 25.3 Å². The molecule has 0 aliphatic heterocycles. The fourth-order valence-corrected chi connectivity index (χ4v) is 1.47. The van der Waals surface area contributed by atoms with Crippen molar-refractivity contribution in [3.05, 3.63) is 36.2 Å². The number of hydrogen-bond donors (Lipinski definition) is 2. The number of benzene rings is 1. The predicted octanol–water partition coefficient (Wildman–Crippen LogP) is 1.11. The van der Waals surface area contributed by atoms with Crippen molar-refractivity contribution in [1.29, 1.82) is 0 Å². The van der Waals surface area contributed by atoms with Crippen LogP contribution in [0.15, 0.2) is 35.2 Å². The molecule has 0 radical (unpaired) electrons. The van der Waals surface area contributed by atoms with Gasteiger partial charge < -0.3 is 15.2 Å². The van der Waals surface area contributed by atoms with Crippen LogP contribution >= 0.6 is 12.4 Å². The third kappa shape index (κ3) is 4.04. The van der Waals surface area contributed by atoms with Crippen LogP contribution in [0.4, 0.5) is 0 Å². The third-order valence-corrected chi connectivity index (χ3v) is 2.43. The second kappa shape index (κ2) is 7.50. The molecule has 2 aromatic rings. The molecule has 0 saturated heterocycles. The van der Waals surface area contributed by atoms with Crippen LogP contribution < -0.4 is 10.6 Å². The van der Waals surface area contributed by atoms with E-state index < -0.39 is 0 Å². The smallest absolute Gasteiger partial charge is 0.251 e. The molecule has 2 N–H and O–H groups in total. The van der Waals surface area contributed by atoms with Gasteiger partial charge in [-0.25, -0.2) is 0 Å². The van der Waals surface area contributed by atoms with Gasteiger partial charge in [0.1, 0.15) is 0 Å². The summed E-state index contributed by atoms with van der Waals surface area (Å²) in [5.74, 6) is 0.419. The Morgan fingerprint density at radius 3 is 2.58 bits per heavy atom. The van der Waals surface area contributed by atoms with E-state index in [0.29, 0.717) is 17.9 Å². The third-order valence-electron chi connectivity index (χ3n) is 2.43. The lowest BCUT2D eigenvalue weighted by Gasteiger charge is -2.04. The molecule has 19 heavy (non-hydrogen) atoms. The highest BCUT2D eigenvalue weighted by Crippen LogP contribution is 2.14. The van der Waals surface area contributed by atoms with Crippen LogP contribution in [0.1, 0.15) is 10.4 Å². The topological polar surface area (TPSA) is 80.0 Å². The minimum atomic E-state index is -0.0927. The summed E-state index contributed by atoms with van der Waals surface area (Å²) >= 11 is 0. The summed E-state index contributed by atoms with van der Waals surface area (Å²) in [6, 6.07) is 7.05. The molecule has 0 saturated carbocycles. The maximum Gasteiger partial charge on any atom is 0.251 e. The van der Waals surface area contributed by atoms with Gasteiger partial charge in [0.15, 0.2) is 0 Å². The molecule has 0 atom stereocenters. The number of likely N-dealkylation sites (N-methyl/N-ethyl adjacent to an activating group) is 1. The van der Waals surface area contributed by atoms with Gasteiger partial charge >= 0.3 is 0 Å². The van der Waals surface area contributed by atoms with Gasteiger partial charge in [-0.05, 0) is 19.2 Å². The van der Waals surface area contributed by atoms with E-state index in [1.54, 1.807) is 24.3 Å². The van der Waals surface area contributed by atoms with Gasteiger partial charge in [-0.15, -0.1) is 12.4 Å². The van der Waals surface area contributed by atoms with Crippen molar-refractivity contribution >= 4 is 18.3 Å². The Balaban J connectivity index is 0.00000180. The summed E-state index contributed by atoms with van der Waals surface area (Å²) in [6.07, 6.45) is 1.27. The second-order valence-corrected chi connectivity index (χ2v) is 3.69. The van der Waals surface area contributed by atoms with Crippen LogP contribution in [-0.4, -0.2) is 36.2 Å². The molecule has 6 nitrogen and oxygen atoms in total. The molecule has 7 heteroatoms. The lowest BCUT2D eigenvalue weighted by Crippen LogP contribution is -2.30. The number of amides is 1. The molecule has 0 aliphatic rings. The molecule has 0 aliphatic carbocycles. The molecule has 1 aromatic heterocycles. The first-order chi connectivity index (χ1) is 8.81. The minimum absolute atomic E-state index is 0. The lowest BCUT2D eigenvalue weighted by atomic mass is 10.1. The first-order valence-corrected chi connectivity index (χ1v) is 5.61. The zero-order chi connectivity index (χ0) is 12.8. The first-order valence-electron chi connectivity index (χ1n) is 5.61. The van der Waals surface area contributed by atoms with Gasteiger partial charge in [0.25, 0.3) is 5.91 Å². The Bertz CT molecular complexity index is 499. The highest BCUT2D eigenvalue weighted by atomic mass is 35.5. The Morgan fingerprint density at radius 2 is 2.00 bits per heavy atom. The number of nitrogens with one attached hydrogen (secondary N) is 2. The van der Waals surface area contributed by atoms with E-state index in [-0.39, 0.29) is 18.3 Å². The van der Waals surface area contributed by atoms with Gasteiger partial charge in [0.2, 0.25) is 12.2 Å². The number of aromatic nitrogens is 2. The molecular formula is C12H15ClN4O2. The van der Waals surface area contributed by atoms with E-state index in [0.717, 1.165) is 12.1 Å². The van der Waals surface area contributed by atoms with Crippen molar-refractivity contribution < 1.29 is 9.32 Å². The van der Waals surface area contributed by atoms with Crippen molar-refractivity contribution in [3.8, 4) is 11.4 Å². The number of hydrogen-bond acceptors (Lipinski definition) is 5. The molecule has 1 aromatic carbocycles. The summed E-state index contributed by atoms with van der Waals surface area (Å²) < 4.78 is 4.66. The molecule has 102 valence electrons. The normalized spacial score (nSPS) is 9.74. The maximum atomic E-state index is 11.7. The number of halogens is 1. The molecule has 0 bridgehead atoms. The minimum Gasteiger partial charge on any atom is -0.351 e. The molecule has 0 unspecified atom stereocenters. The summed E-state index contributed by atoms with van der Waals surface area (Å²) in [5.41, 5.74) is 1.42. The number of carbonyl (C=O) groups excluding carboxylic acids is 1. The average molecular weight is 283 g/mol. The van der Waals surface area contributed by atoms with Crippen LogP contribution in [-0.2, 0) is 0 Å². The van der Waals surface area contributed by atoms with Crippen molar-refractivity contribution in [2.45, 2.75) is 0 Å². The van der Waals surface area contributed by atoms with E-state index in [4.69, 9.17) is 0 Å². The fourth-order valence-electron chi connectivity index (χ4n) is 1.47. The zero-order valence-corrected chi connectivity index (χ0v) is 11.2. The Labute approximate surface area is 117 Å². The van der Waals surface area contributed by atoms with Crippen molar-refractivity contribution in [2.24, 2.45) is 0 Å². The van der Waals surface area contributed by atoms with E-state index in [1.165, 1.54) is 6.39 Å². The average Bonchev–Trinajstić information content (AvgIpc) is 2.93. The van der Waals surface area contributed by atoms with Gasteiger partial charge in [0, 0.05) is 24.2 Å². The van der Waals surface area contributed by atoms with Gasteiger partial charge in [-0.1, -0.05) is 17.3 Å². The summed E-state index contributed by atoms with van der Waals surface area (Å²) in [5, 5.41) is 9.49. The first kappa shape index (κ1) is 15.1. The molecule has 2 rings (SSSR count). The number of rotatable bonds is 5. The number of nitrogens with zero attached hydrogens (tertiary/aromatic N) is 2. The lowest BCUT2D eigenvalue weighted by molar-refractivity contribution is 0.0954. The van der Waals surface area contributed by atoms with E-state index >= 15 is 0 Å². The van der Waals surface area contributed by atoms with Gasteiger partial charge in [-0.2, -0.15) is 4.98 Å². The van der Waals surface area contributed by atoms with Crippen LogP contribution in [0.25, 0.3) is 11.4 Å². The van der Waals surface area contributed by atoms with Crippen LogP contribution in [0.3, 0.4) is 0 Å². The predicted molar refractivity (Wildman–Crippen MR) is 73.2 cm³/mol. The molecular weight excluding hydrogens is 268 g/mol. The SMILES string of the molecule is CNCCNC(=O)c1ccc(-c2ncon2)cc1.Cl. The maximum absolute atomic E-state index is 11.7. The Kier molecular flexibility index (Phi) is 5.98. The standard InChI is InChI=1S/C12H14N4O2.ClH/c1-13-6-7-14-12(17)10-4-2-9(3-5-10)11-15-8-18-16-11;/h2-5,8,13H,6-7H2,1H3,(H,14,17);1H. The van der Waals surface area contributed by atoms with Crippen LogP contribution in [0.5, 0.6) is 0 Å². The molecule has 0 fully saturated rings. The van der Waals surface area contributed by atoms with Crippen LogP contribution in [0.2, 0.25) is 0 Å². The molecule has 1 heterocycles. The van der Waals surface area contributed by atoms with E-state index in [9.17, 15) is 4.79 Å². The van der Waals surface area contributed by atoms with Crippen molar-refractivity contribution in [2.75, 3.05) is 20.1 Å². The monoisotopic (exact) mass is 282 g/mol. The summed E-state index contributed by atoms with van der Waals surface area (Å²) in [6.45, 7) is 1.34. The van der Waals surface area contributed by atoms with Crippen LogP contribution in [0, 0.1) is 0 Å². The highest BCUT2D eigenvalue weighted by Gasteiger charge is 2.06. The van der Waals surface area contributed by atoms with E-state index in [1.807, 2.05) is 7.05 Å². The largest absolute Gasteiger partial charge is 0.351 e. The Hall–Kier alpha value is -1.92. The quantitative estimate of drug-likeness (QED) is 0.803. The second-order valence-electron chi connectivity index (χ2n) is 3.69. The molecule has 0 spiro atoms. The fraction of sp³-hybridized carbons (Fsp3) is 0.250. The summed E-state index contributed by atoms with van der Waals surface area (Å²) in [4.78, 5) is 15.7.